The molecule has 1 aromatic carbocycles. The maximum Gasteiger partial charge on any atom is 0.132 e. The second kappa shape index (κ2) is 4.61. The van der Waals surface area contributed by atoms with Gasteiger partial charge in [-0.05, 0) is 24.3 Å². The van der Waals surface area contributed by atoms with Gasteiger partial charge in [0.15, 0.2) is 0 Å². The number of rotatable bonds is 2. The van der Waals surface area contributed by atoms with Gasteiger partial charge < -0.3 is 4.74 Å². The molecule has 0 radical (unpaired) electrons. The summed E-state index contributed by atoms with van der Waals surface area (Å²) in [6, 6.07) is 8.17. The molecule has 0 atom stereocenters. The smallest absolute Gasteiger partial charge is 0.132 e. The number of hydrogen-bond donors (Lipinski definition) is 0. The molecule has 0 amide bonds. The third kappa shape index (κ3) is 2.22. The zero-order valence-corrected chi connectivity index (χ0v) is 10.2. The second-order valence-corrected chi connectivity index (χ2v) is 4.12. The molecular weight excluding hydrogens is 273 g/mol. The fourth-order valence-electron chi connectivity index (χ4n) is 1.38. The van der Waals surface area contributed by atoms with Crippen molar-refractivity contribution in [1.82, 2.24) is 4.98 Å². The first kappa shape index (κ1) is 11.1. The molecule has 4 heteroatoms. The number of hydrogen-bond acceptors (Lipinski definition) is 2. The van der Waals surface area contributed by atoms with Gasteiger partial charge in [-0.1, -0.05) is 15.9 Å². The van der Waals surface area contributed by atoms with Crippen LogP contribution >= 0.6 is 15.9 Å². The van der Waals surface area contributed by atoms with E-state index in [4.69, 9.17) is 4.74 Å². The quantitative estimate of drug-likeness (QED) is 0.838. The largest absolute Gasteiger partial charge is 0.497 e. The van der Waals surface area contributed by atoms with Gasteiger partial charge in [0.25, 0.3) is 0 Å². The fraction of sp³-hybridized carbons (Fsp3) is 0.0833. The standard InChI is InChI=1S/C12H9BrFNO/c1-16-9-4-5-15-12(7-9)10-6-8(13)2-3-11(10)14/h2-7H,1H3. The van der Waals surface area contributed by atoms with Crippen LogP contribution in [0.15, 0.2) is 41.0 Å². The number of pyridine rings is 1. The Bertz CT molecular complexity index is 516. The van der Waals surface area contributed by atoms with Gasteiger partial charge in [-0.25, -0.2) is 4.39 Å². The summed E-state index contributed by atoms with van der Waals surface area (Å²) in [4.78, 5) is 4.12. The van der Waals surface area contributed by atoms with Crippen LogP contribution in [0, 0.1) is 5.82 Å². The van der Waals surface area contributed by atoms with Crippen molar-refractivity contribution in [2.45, 2.75) is 0 Å². The molecule has 2 aromatic rings. The summed E-state index contributed by atoms with van der Waals surface area (Å²) in [7, 11) is 1.57. The van der Waals surface area contributed by atoms with E-state index in [2.05, 4.69) is 20.9 Å². The first-order valence-electron chi connectivity index (χ1n) is 4.66. The molecule has 0 saturated heterocycles. The highest BCUT2D eigenvalue weighted by atomic mass is 79.9. The van der Waals surface area contributed by atoms with E-state index in [1.54, 1.807) is 37.6 Å². The molecule has 0 saturated carbocycles. The van der Waals surface area contributed by atoms with Crippen molar-refractivity contribution in [3.63, 3.8) is 0 Å². The predicted octanol–water partition coefficient (Wildman–Crippen LogP) is 3.66. The molecule has 82 valence electrons. The Kier molecular flexibility index (Phi) is 3.19. The number of halogens is 2. The van der Waals surface area contributed by atoms with Crippen molar-refractivity contribution < 1.29 is 9.13 Å². The zero-order chi connectivity index (χ0) is 11.5. The molecule has 0 N–H and O–H groups in total. The molecule has 0 bridgehead atoms. The van der Waals surface area contributed by atoms with E-state index in [1.165, 1.54) is 6.07 Å². The Morgan fingerprint density at radius 3 is 2.81 bits per heavy atom. The molecule has 0 unspecified atom stereocenters. The van der Waals surface area contributed by atoms with Gasteiger partial charge >= 0.3 is 0 Å². The molecule has 2 rings (SSSR count). The molecule has 1 heterocycles. The Labute approximate surface area is 101 Å². The summed E-state index contributed by atoms with van der Waals surface area (Å²) in [5, 5.41) is 0. The van der Waals surface area contributed by atoms with Crippen molar-refractivity contribution >= 4 is 15.9 Å². The maximum absolute atomic E-state index is 13.6. The van der Waals surface area contributed by atoms with Gasteiger partial charge in [-0.15, -0.1) is 0 Å². The van der Waals surface area contributed by atoms with E-state index in [0.29, 0.717) is 17.0 Å². The average molecular weight is 282 g/mol. The summed E-state index contributed by atoms with van der Waals surface area (Å²) in [5.41, 5.74) is 1.01. The number of benzene rings is 1. The lowest BCUT2D eigenvalue weighted by Gasteiger charge is -2.05. The summed E-state index contributed by atoms with van der Waals surface area (Å²) >= 11 is 3.30. The van der Waals surface area contributed by atoms with Crippen molar-refractivity contribution in [1.29, 1.82) is 0 Å². The van der Waals surface area contributed by atoms with Crippen LogP contribution in [0.2, 0.25) is 0 Å². The Morgan fingerprint density at radius 1 is 1.25 bits per heavy atom. The third-order valence-corrected chi connectivity index (χ3v) is 2.66. The predicted molar refractivity (Wildman–Crippen MR) is 63.9 cm³/mol. The van der Waals surface area contributed by atoms with Gasteiger partial charge in [0.2, 0.25) is 0 Å². The van der Waals surface area contributed by atoms with Gasteiger partial charge in [0.1, 0.15) is 11.6 Å². The van der Waals surface area contributed by atoms with Crippen LogP contribution < -0.4 is 4.74 Å². The fourth-order valence-corrected chi connectivity index (χ4v) is 1.74. The monoisotopic (exact) mass is 281 g/mol. The minimum atomic E-state index is -0.302. The van der Waals surface area contributed by atoms with Crippen LogP contribution in [-0.4, -0.2) is 12.1 Å². The van der Waals surface area contributed by atoms with Gasteiger partial charge in [-0.3, -0.25) is 4.98 Å². The molecule has 2 nitrogen and oxygen atoms in total. The second-order valence-electron chi connectivity index (χ2n) is 3.21. The average Bonchev–Trinajstić information content (AvgIpc) is 2.32. The Morgan fingerprint density at radius 2 is 2.06 bits per heavy atom. The zero-order valence-electron chi connectivity index (χ0n) is 8.58. The summed E-state index contributed by atoms with van der Waals surface area (Å²) < 4.78 is 19.5. The third-order valence-electron chi connectivity index (χ3n) is 2.17. The number of ether oxygens (including phenoxy) is 1. The van der Waals surface area contributed by atoms with Gasteiger partial charge in [0, 0.05) is 22.3 Å². The molecular formula is C12H9BrFNO. The summed E-state index contributed by atoms with van der Waals surface area (Å²) in [6.07, 6.45) is 1.59. The number of methoxy groups -OCH3 is 1. The van der Waals surface area contributed by atoms with Crippen molar-refractivity contribution in [2.75, 3.05) is 7.11 Å². The first-order valence-corrected chi connectivity index (χ1v) is 5.45. The van der Waals surface area contributed by atoms with Crippen LogP contribution in [0.4, 0.5) is 4.39 Å². The lowest BCUT2D eigenvalue weighted by atomic mass is 10.1. The topological polar surface area (TPSA) is 22.1 Å². The molecule has 0 spiro atoms. The number of aromatic nitrogens is 1. The number of nitrogens with zero attached hydrogens (tertiary/aromatic N) is 1. The summed E-state index contributed by atoms with van der Waals surface area (Å²) in [5.74, 6) is 0.355. The van der Waals surface area contributed by atoms with E-state index in [-0.39, 0.29) is 5.82 Å². The van der Waals surface area contributed by atoms with E-state index in [1.807, 2.05) is 0 Å². The lowest BCUT2D eigenvalue weighted by molar-refractivity contribution is 0.414. The van der Waals surface area contributed by atoms with Crippen LogP contribution in [0.5, 0.6) is 5.75 Å². The van der Waals surface area contributed by atoms with Crippen LogP contribution in [0.25, 0.3) is 11.3 Å². The van der Waals surface area contributed by atoms with Gasteiger partial charge in [0.05, 0.1) is 12.8 Å². The molecule has 0 aliphatic rings. The lowest BCUT2D eigenvalue weighted by Crippen LogP contribution is -1.90. The Hall–Kier alpha value is -1.42. The van der Waals surface area contributed by atoms with Gasteiger partial charge in [-0.2, -0.15) is 0 Å². The minimum absolute atomic E-state index is 0.302. The van der Waals surface area contributed by atoms with Crippen LogP contribution in [0.3, 0.4) is 0 Å². The molecule has 1 aromatic heterocycles. The highest BCUT2D eigenvalue weighted by Crippen LogP contribution is 2.26. The molecule has 16 heavy (non-hydrogen) atoms. The van der Waals surface area contributed by atoms with Crippen molar-refractivity contribution in [3.8, 4) is 17.0 Å². The van der Waals surface area contributed by atoms with Crippen molar-refractivity contribution in [3.05, 3.63) is 46.8 Å². The normalized spacial score (nSPS) is 10.2. The van der Waals surface area contributed by atoms with Crippen LogP contribution in [0.1, 0.15) is 0 Å². The summed E-state index contributed by atoms with van der Waals surface area (Å²) in [6.45, 7) is 0. The first-order chi connectivity index (χ1) is 7.70. The molecule has 0 aliphatic heterocycles. The SMILES string of the molecule is COc1ccnc(-c2cc(Br)ccc2F)c1. The van der Waals surface area contributed by atoms with E-state index in [9.17, 15) is 4.39 Å². The Balaban J connectivity index is 2.53. The van der Waals surface area contributed by atoms with E-state index in [0.717, 1.165) is 4.47 Å². The van der Waals surface area contributed by atoms with Crippen molar-refractivity contribution in [2.24, 2.45) is 0 Å². The molecule has 0 fully saturated rings. The van der Waals surface area contributed by atoms with Crippen LogP contribution in [-0.2, 0) is 0 Å². The maximum atomic E-state index is 13.6. The highest BCUT2D eigenvalue weighted by Gasteiger charge is 2.07. The minimum Gasteiger partial charge on any atom is -0.497 e. The highest BCUT2D eigenvalue weighted by molar-refractivity contribution is 9.10. The van der Waals surface area contributed by atoms with E-state index >= 15 is 0 Å². The molecule has 0 aliphatic carbocycles. The van der Waals surface area contributed by atoms with E-state index < -0.39 is 0 Å².